The van der Waals surface area contributed by atoms with Crippen LogP contribution in [0, 0.1) is 17.0 Å². The summed E-state index contributed by atoms with van der Waals surface area (Å²) >= 11 is 0. The van der Waals surface area contributed by atoms with Crippen LogP contribution in [0.5, 0.6) is 0 Å². The van der Waals surface area contributed by atoms with E-state index in [0.29, 0.717) is 67.6 Å². The molecule has 0 saturated carbocycles. The molecule has 5 fully saturated rings. The molecule has 1 spiro atoms. The SMILES string of the molecule is O=C1CCC(N2Cc3cc(N4CCC(F)(CN5CC6(C5)CN(c5ccc(-c7cnc8[nH]cc(C(=O)c9c(F)ccc(NS(=O)(=O)N%10CC[C@@H](F)C%10)c9F)c8c7)cc5)C6)CC4)ccc3C2=O)C(=O)N1. The molecule has 0 radical (unpaired) electrons. The Labute approximate surface area is 388 Å². The molecule has 5 saturated heterocycles. The number of imide groups is 1. The molecule has 20 heteroatoms. The molecule has 1 unspecified atom stereocenters. The number of benzene rings is 3. The van der Waals surface area contributed by atoms with Crippen molar-refractivity contribution in [3.8, 4) is 11.1 Å². The van der Waals surface area contributed by atoms with Crippen molar-refractivity contribution < 1.29 is 45.2 Å². The van der Waals surface area contributed by atoms with Gasteiger partial charge in [-0.25, -0.2) is 22.5 Å². The topological polar surface area (TPSA) is 171 Å². The number of aromatic nitrogens is 2. The standard InChI is InChI=1S/C48H47F4N9O6S/c49-31-11-14-60(22-31)68(66,67)56-38-8-7-37(50)41(42(38)51)43(63)36-20-54-44-35(36)18-29(19-53-44)28-1-3-32(4-2-28)59-25-47(26-59)23-57(24-47)27-48(52)12-15-58(16-13-48)33-5-6-34-30(17-33)21-61(46(34)65)39-9-10-40(62)55-45(39)64/h1-8,17-20,31,39,56H,9-16,21-27H2,(H,53,54)(H,55,62,64)/t31-,39?/m1/s1. The number of anilines is 3. The van der Waals surface area contributed by atoms with Gasteiger partial charge in [0.1, 0.15) is 29.3 Å². The van der Waals surface area contributed by atoms with Crippen molar-refractivity contribution in [2.24, 2.45) is 5.41 Å². The summed E-state index contributed by atoms with van der Waals surface area (Å²) in [6.45, 7) is 4.57. The van der Waals surface area contributed by atoms with Crippen LogP contribution in [0.2, 0.25) is 0 Å². The number of halogens is 4. The van der Waals surface area contributed by atoms with Crippen molar-refractivity contribution >= 4 is 61.8 Å². The number of carbonyl (C=O) groups excluding carboxylic acids is 4. The van der Waals surface area contributed by atoms with E-state index in [4.69, 9.17) is 0 Å². The Morgan fingerprint density at radius 1 is 0.882 bits per heavy atom. The fraction of sp³-hybridized carbons (Fsp3) is 0.396. The summed E-state index contributed by atoms with van der Waals surface area (Å²) in [5.74, 6) is -4.59. The monoisotopic (exact) mass is 953 g/mol. The zero-order valence-corrected chi connectivity index (χ0v) is 37.6. The fourth-order valence-corrected chi connectivity index (χ4v) is 12.2. The summed E-state index contributed by atoms with van der Waals surface area (Å²) in [5.41, 5.74) is 2.21. The highest BCUT2D eigenvalue weighted by atomic mass is 32.2. The van der Waals surface area contributed by atoms with Crippen molar-refractivity contribution in [1.29, 1.82) is 0 Å². The summed E-state index contributed by atoms with van der Waals surface area (Å²) < 4.78 is 89.4. The number of nitrogens with one attached hydrogen (secondary N) is 3. The second kappa shape index (κ2) is 16.4. The Morgan fingerprint density at radius 3 is 2.35 bits per heavy atom. The number of hydrogen-bond donors (Lipinski definition) is 3. The Morgan fingerprint density at radius 2 is 1.63 bits per heavy atom. The fourth-order valence-electron chi connectivity index (χ4n) is 10.9. The van der Waals surface area contributed by atoms with Crippen LogP contribution < -0.4 is 19.8 Å². The van der Waals surface area contributed by atoms with E-state index in [0.717, 1.165) is 65.1 Å². The molecule has 68 heavy (non-hydrogen) atoms. The minimum atomic E-state index is -4.37. The third kappa shape index (κ3) is 7.84. The molecular formula is C48H47F4N9O6S. The Balaban J connectivity index is 0.679. The lowest BCUT2D eigenvalue weighted by molar-refractivity contribution is -0.136. The number of nitrogens with zero attached hydrogens (tertiary/aromatic N) is 6. The number of rotatable bonds is 11. The molecular weight excluding hydrogens is 907 g/mol. The van der Waals surface area contributed by atoms with Crippen LogP contribution in [0.25, 0.3) is 22.2 Å². The van der Waals surface area contributed by atoms with Crippen LogP contribution >= 0.6 is 0 Å². The average molecular weight is 954 g/mol. The van der Waals surface area contributed by atoms with Gasteiger partial charge in [-0.15, -0.1) is 0 Å². The van der Waals surface area contributed by atoms with E-state index in [1.54, 1.807) is 18.3 Å². The van der Waals surface area contributed by atoms with Gasteiger partial charge in [-0.1, -0.05) is 12.1 Å². The summed E-state index contributed by atoms with van der Waals surface area (Å²) in [7, 11) is -4.37. The Hall–Kier alpha value is -6.38. The number of hydrogen-bond acceptors (Lipinski definition) is 10. The van der Waals surface area contributed by atoms with Gasteiger partial charge in [0.05, 0.1) is 11.3 Å². The highest BCUT2D eigenvalue weighted by molar-refractivity contribution is 7.90. The minimum Gasteiger partial charge on any atom is -0.371 e. The van der Waals surface area contributed by atoms with Crippen LogP contribution in [0.15, 0.2) is 73.1 Å². The van der Waals surface area contributed by atoms with E-state index < -0.39 is 69.2 Å². The van der Waals surface area contributed by atoms with Crippen LogP contribution in [0.3, 0.4) is 0 Å². The van der Waals surface area contributed by atoms with Crippen molar-refractivity contribution in [2.45, 2.75) is 56.5 Å². The molecule has 2 aromatic heterocycles. The van der Waals surface area contributed by atoms with E-state index in [2.05, 4.69) is 30.0 Å². The Bertz CT molecular complexity index is 3020. The first-order chi connectivity index (χ1) is 32.5. The van der Waals surface area contributed by atoms with Crippen molar-refractivity contribution in [2.75, 3.05) is 73.4 Å². The molecule has 5 aromatic rings. The molecule has 3 aromatic carbocycles. The molecule has 8 heterocycles. The third-order valence-electron chi connectivity index (χ3n) is 14.5. The number of amides is 3. The molecule has 15 nitrogen and oxygen atoms in total. The molecule has 6 aliphatic rings. The maximum Gasteiger partial charge on any atom is 0.301 e. The zero-order valence-electron chi connectivity index (χ0n) is 36.7. The predicted octanol–water partition coefficient (Wildman–Crippen LogP) is 5.33. The molecule has 3 N–H and O–H groups in total. The number of alkyl halides is 2. The Kier molecular flexibility index (Phi) is 10.6. The molecule has 6 aliphatic heterocycles. The molecule has 2 atom stereocenters. The number of ketones is 1. The van der Waals surface area contributed by atoms with Gasteiger partial charge in [-0.2, -0.15) is 12.7 Å². The van der Waals surface area contributed by atoms with Gasteiger partial charge in [0.15, 0.2) is 5.82 Å². The van der Waals surface area contributed by atoms with Gasteiger partial charge in [0.25, 0.3) is 5.91 Å². The average Bonchev–Trinajstić information content (AvgIpc) is 4.02. The predicted molar refractivity (Wildman–Crippen MR) is 244 cm³/mol. The molecule has 3 amide bonds. The highest BCUT2D eigenvalue weighted by Gasteiger charge is 2.53. The largest absolute Gasteiger partial charge is 0.371 e. The van der Waals surface area contributed by atoms with Gasteiger partial charge >= 0.3 is 10.2 Å². The number of piperidine rings is 2. The smallest absolute Gasteiger partial charge is 0.301 e. The van der Waals surface area contributed by atoms with E-state index >= 15 is 13.2 Å². The summed E-state index contributed by atoms with van der Waals surface area (Å²) in [6.07, 6.45) is 2.83. The third-order valence-corrected chi connectivity index (χ3v) is 16.0. The lowest BCUT2D eigenvalue weighted by Crippen LogP contribution is -2.73. The van der Waals surface area contributed by atoms with E-state index in [1.807, 2.05) is 41.1 Å². The van der Waals surface area contributed by atoms with Gasteiger partial charge in [-0.3, -0.25) is 34.1 Å². The van der Waals surface area contributed by atoms with Gasteiger partial charge in [0, 0.05) is 136 Å². The number of aromatic amines is 1. The van der Waals surface area contributed by atoms with Crippen LogP contribution in [0.4, 0.5) is 34.6 Å². The van der Waals surface area contributed by atoms with E-state index in [1.165, 1.54) is 11.1 Å². The lowest BCUT2D eigenvalue weighted by Gasteiger charge is -2.62. The van der Waals surface area contributed by atoms with Gasteiger partial charge < -0.3 is 19.7 Å². The summed E-state index contributed by atoms with van der Waals surface area (Å²) in [5, 5.41) is 2.65. The minimum absolute atomic E-state index is 0.00499. The number of carbonyl (C=O) groups is 4. The van der Waals surface area contributed by atoms with E-state index in [9.17, 15) is 32.0 Å². The maximum atomic E-state index is 16.3. The molecule has 354 valence electrons. The second-order valence-corrected chi connectivity index (χ2v) is 20.9. The number of fused-ring (bicyclic) bond motifs is 2. The van der Waals surface area contributed by atoms with Crippen LogP contribution in [0.1, 0.15) is 63.9 Å². The molecule has 11 rings (SSSR count). The van der Waals surface area contributed by atoms with Crippen LogP contribution in [-0.2, 0) is 26.3 Å². The quantitative estimate of drug-likeness (QED) is 0.0894. The zero-order chi connectivity index (χ0) is 47.3. The van der Waals surface area contributed by atoms with Crippen molar-refractivity contribution in [3.05, 3.63) is 107 Å². The van der Waals surface area contributed by atoms with Gasteiger partial charge in [-0.05, 0) is 72.5 Å². The first-order valence-electron chi connectivity index (χ1n) is 22.8. The number of pyridine rings is 1. The maximum absolute atomic E-state index is 16.3. The second-order valence-electron chi connectivity index (χ2n) is 19.2. The van der Waals surface area contributed by atoms with E-state index in [-0.39, 0.29) is 42.2 Å². The number of likely N-dealkylation sites (tertiary alicyclic amines) is 1. The molecule has 0 bridgehead atoms. The first-order valence-corrected chi connectivity index (χ1v) is 24.2. The first kappa shape index (κ1) is 44.1. The number of H-pyrrole nitrogens is 1. The van der Waals surface area contributed by atoms with Crippen LogP contribution in [-0.4, -0.2) is 133 Å². The van der Waals surface area contributed by atoms with Gasteiger partial charge in [0.2, 0.25) is 17.6 Å². The highest BCUT2D eigenvalue weighted by Crippen LogP contribution is 2.44. The van der Waals surface area contributed by atoms with Crippen molar-refractivity contribution in [3.63, 3.8) is 0 Å². The summed E-state index contributed by atoms with van der Waals surface area (Å²) in [6, 6.07) is 16.2. The summed E-state index contributed by atoms with van der Waals surface area (Å²) in [4.78, 5) is 66.5. The lowest BCUT2D eigenvalue weighted by atomic mass is 9.72. The van der Waals surface area contributed by atoms with Crippen molar-refractivity contribution in [1.82, 2.24) is 29.4 Å². The normalized spacial score (nSPS) is 22.6. The molecule has 0 aliphatic carbocycles.